The lowest BCUT2D eigenvalue weighted by Gasteiger charge is -2.22. The Bertz CT molecular complexity index is 1330. The first-order chi connectivity index (χ1) is 16.7. The van der Waals surface area contributed by atoms with E-state index in [1.54, 1.807) is 24.3 Å². The molecule has 0 aliphatic heterocycles. The Hall–Kier alpha value is -3.01. The predicted octanol–water partition coefficient (Wildman–Crippen LogP) is 5.95. The summed E-state index contributed by atoms with van der Waals surface area (Å²) in [6.07, 6.45) is 2.67. The lowest BCUT2D eigenvalue weighted by Crippen LogP contribution is -2.35. The number of hydrogen-bond donors (Lipinski definition) is 0. The molecule has 184 valence electrons. The third-order valence-corrected chi connectivity index (χ3v) is 7.39. The molecule has 0 bridgehead atoms. The molecule has 1 amide bonds. The SMILES string of the molecule is CCOc1ccc(N(C(=O)/C=C/c2cc(Br)c(OC)c(OC)c2)S(=O)(=O)c2ccc(Cl)cc2)cc1. The second-order valence-electron chi connectivity index (χ2n) is 7.06. The Morgan fingerprint density at radius 1 is 1.03 bits per heavy atom. The first-order valence-electron chi connectivity index (χ1n) is 10.4. The summed E-state index contributed by atoms with van der Waals surface area (Å²) in [5.41, 5.74) is 0.755. The van der Waals surface area contributed by atoms with Gasteiger partial charge in [-0.1, -0.05) is 11.6 Å². The number of benzene rings is 3. The van der Waals surface area contributed by atoms with Crippen LogP contribution in [0.25, 0.3) is 6.08 Å². The summed E-state index contributed by atoms with van der Waals surface area (Å²) < 4.78 is 44.4. The lowest BCUT2D eigenvalue weighted by atomic mass is 10.2. The number of ether oxygens (including phenoxy) is 3. The summed E-state index contributed by atoms with van der Waals surface area (Å²) in [4.78, 5) is 13.2. The van der Waals surface area contributed by atoms with Crippen LogP contribution in [0, 0.1) is 0 Å². The van der Waals surface area contributed by atoms with Crippen LogP contribution in [0.1, 0.15) is 12.5 Å². The van der Waals surface area contributed by atoms with Crippen LogP contribution in [0.5, 0.6) is 17.2 Å². The molecule has 0 radical (unpaired) electrons. The Labute approximate surface area is 218 Å². The van der Waals surface area contributed by atoms with Crippen molar-refractivity contribution in [3.63, 3.8) is 0 Å². The number of halogens is 2. The zero-order valence-corrected chi connectivity index (χ0v) is 22.4. The molecule has 0 fully saturated rings. The molecule has 0 atom stereocenters. The van der Waals surface area contributed by atoms with Gasteiger partial charge in [0.1, 0.15) is 5.75 Å². The maximum Gasteiger partial charge on any atom is 0.271 e. The molecule has 0 unspecified atom stereocenters. The van der Waals surface area contributed by atoms with Gasteiger partial charge in [-0.2, -0.15) is 4.31 Å². The summed E-state index contributed by atoms with van der Waals surface area (Å²) in [6, 6.07) is 15.2. The van der Waals surface area contributed by atoms with Gasteiger partial charge < -0.3 is 14.2 Å². The molecule has 0 aliphatic carbocycles. The maximum atomic E-state index is 13.5. The minimum absolute atomic E-state index is 0.0774. The van der Waals surface area contributed by atoms with Crippen LogP contribution in [-0.4, -0.2) is 35.2 Å². The Morgan fingerprint density at radius 2 is 1.69 bits per heavy atom. The van der Waals surface area contributed by atoms with Gasteiger partial charge in [0.15, 0.2) is 11.5 Å². The fraction of sp³-hybridized carbons (Fsp3) is 0.160. The van der Waals surface area contributed by atoms with Crippen LogP contribution in [0.4, 0.5) is 5.69 Å². The average molecular weight is 581 g/mol. The van der Waals surface area contributed by atoms with Crippen LogP contribution < -0.4 is 18.5 Å². The summed E-state index contributed by atoms with van der Waals surface area (Å²) in [6.45, 7) is 2.29. The zero-order valence-electron chi connectivity index (χ0n) is 19.2. The van der Waals surface area contributed by atoms with E-state index in [0.717, 1.165) is 4.31 Å². The van der Waals surface area contributed by atoms with Gasteiger partial charge in [0, 0.05) is 11.1 Å². The molecule has 35 heavy (non-hydrogen) atoms. The van der Waals surface area contributed by atoms with Gasteiger partial charge in [0.25, 0.3) is 15.9 Å². The van der Waals surface area contributed by atoms with Crippen LogP contribution in [0.15, 0.2) is 76.1 Å². The number of methoxy groups -OCH3 is 2. The van der Waals surface area contributed by atoms with Crippen molar-refractivity contribution in [3.8, 4) is 17.2 Å². The van der Waals surface area contributed by atoms with Gasteiger partial charge in [-0.25, -0.2) is 8.42 Å². The molecular formula is C25H23BrClNO6S. The van der Waals surface area contributed by atoms with Gasteiger partial charge in [-0.05, 0) is 95.2 Å². The quantitative estimate of drug-likeness (QED) is 0.291. The van der Waals surface area contributed by atoms with Gasteiger partial charge in [0.2, 0.25) is 0 Å². The van der Waals surface area contributed by atoms with Crippen LogP contribution in [0.3, 0.4) is 0 Å². The zero-order chi connectivity index (χ0) is 25.6. The standard InChI is InChI=1S/C25H23BrClNO6S/c1-4-34-20-10-8-19(9-11-20)28(35(30,31)21-12-6-18(27)7-13-21)24(29)14-5-17-15-22(26)25(33-3)23(16-17)32-2/h5-16H,4H2,1-3H3/b14-5+. The molecule has 0 heterocycles. The predicted molar refractivity (Wildman–Crippen MR) is 140 cm³/mol. The highest BCUT2D eigenvalue weighted by atomic mass is 79.9. The number of nitrogens with zero attached hydrogens (tertiary/aromatic N) is 1. The highest BCUT2D eigenvalue weighted by Crippen LogP contribution is 2.36. The molecule has 0 N–H and O–H groups in total. The molecule has 0 aliphatic rings. The van der Waals surface area contributed by atoms with Crippen molar-refractivity contribution in [1.29, 1.82) is 0 Å². The summed E-state index contributed by atoms with van der Waals surface area (Å²) >= 11 is 9.33. The van der Waals surface area contributed by atoms with E-state index in [-0.39, 0.29) is 10.6 Å². The molecule has 3 aromatic carbocycles. The van der Waals surface area contributed by atoms with Crippen molar-refractivity contribution in [1.82, 2.24) is 0 Å². The largest absolute Gasteiger partial charge is 0.494 e. The number of sulfonamides is 1. The number of carbonyl (C=O) groups is 1. The topological polar surface area (TPSA) is 82.1 Å². The number of anilines is 1. The molecule has 0 saturated heterocycles. The smallest absolute Gasteiger partial charge is 0.271 e. The maximum absolute atomic E-state index is 13.5. The molecule has 0 spiro atoms. The van der Waals surface area contributed by atoms with E-state index in [0.29, 0.717) is 38.9 Å². The summed E-state index contributed by atoms with van der Waals surface area (Å²) in [7, 11) is -1.24. The van der Waals surface area contributed by atoms with Gasteiger partial charge in [-0.15, -0.1) is 0 Å². The van der Waals surface area contributed by atoms with Crippen molar-refractivity contribution in [2.24, 2.45) is 0 Å². The summed E-state index contributed by atoms with van der Waals surface area (Å²) in [5.74, 6) is 0.733. The number of carbonyl (C=O) groups excluding carboxylic acids is 1. The number of hydrogen-bond acceptors (Lipinski definition) is 6. The second-order valence-corrected chi connectivity index (χ2v) is 10.1. The third-order valence-electron chi connectivity index (χ3n) is 4.81. The van der Waals surface area contributed by atoms with Crippen molar-refractivity contribution in [2.75, 3.05) is 25.1 Å². The molecule has 3 aromatic rings. The van der Waals surface area contributed by atoms with Gasteiger partial charge >= 0.3 is 0 Å². The first-order valence-corrected chi connectivity index (χ1v) is 13.0. The van der Waals surface area contributed by atoms with E-state index in [2.05, 4.69) is 15.9 Å². The van der Waals surface area contributed by atoms with Crippen LogP contribution >= 0.6 is 27.5 Å². The third kappa shape index (κ3) is 6.17. The normalized spacial score (nSPS) is 11.3. The Morgan fingerprint density at radius 3 is 2.26 bits per heavy atom. The van der Waals surface area contributed by atoms with Crippen molar-refractivity contribution in [3.05, 3.63) is 81.8 Å². The van der Waals surface area contributed by atoms with E-state index in [1.807, 2.05) is 6.92 Å². The molecule has 0 saturated carbocycles. The monoisotopic (exact) mass is 579 g/mol. The number of amides is 1. The molecule has 7 nitrogen and oxygen atoms in total. The van der Waals surface area contributed by atoms with E-state index in [9.17, 15) is 13.2 Å². The van der Waals surface area contributed by atoms with Crippen molar-refractivity contribution < 1.29 is 27.4 Å². The van der Waals surface area contributed by atoms with Gasteiger partial charge in [0.05, 0.1) is 35.9 Å². The van der Waals surface area contributed by atoms with E-state index in [4.69, 9.17) is 25.8 Å². The Balaban J connectivity index is 2.04. The molecule has 3 rings (SSSR count). The molecule has 10 heteroatoms. The fourth-order valence-electron chi connectivity index (χ4n) is 3.21. The molecular weight excluding hydrogens is 558 g/mol. The number of rotatable bonds is 9. The van der Waals surface area contributed by atoms with E-state index in [1.165, 1.54) is 62.8 Å². The highest BCUT2D eigenvalue weighted by Gasteiger charge is 2.30. The second kappa shape index (κ2) is 11.6. The van der Waals surface area contributed by atoms with Crippen molar-refractivity contribution >= 4 is 55.2 Å². The first kappa shape index (κ1) is 26.6. The van der Waals surface area contributed by atoms with E-state index < -0.39 is 15.9 Å². The van der Waals surface area contributed by atoms with Crippen molar-refractivity contribution in [2.45, 2.75) is 11.8 Å². The molecule has 0 aromatic heterocycles. The average Bonchev–Trinajstić information content (AvgIpc) is 2.84. The lowest BCUT2D eigenvalue weighted by molar-refractivity contribution is -0.113. The minimum atomic E-state index is -4.25. The highest BCUT2D eigenvalue weighted by molar-refractivity contribution is 9.10. The fourth-order valence-corrected chi connectivity index (χ4v) is 5.35. The Kier molecular flexibility index (Phi) is 8.82. The minimum Gasteiger partial charge on any atom is -0.494 e. The van der Waals surface area contributed by atoms with Gasteiger partial charge in [-0.3, -0.25) is 4.79 Å². The van der Waals surface area contributed by atoms with Crippen LogP contribution in [0.2, 0.25) is 5.02 Å². The van der Waals surface area contributed by atoms with Crippen LogP contribution in [-0.2, 0) is 14.8 Å². The summed E-state index contributed by atoms with van der Waals surface area (Å²) in [5, 5.41) is 0.377. The van der Waals surface area contributed by atoms with E-state index >= 15 is 0 Å².